The van der Waals surface area contributed by atoms with Crippen LogP contribution in [-0.4, -0.2) is 47.5 Å². The van der Waals surface area contributed by atoms with Crippen LogP contribution in [0.3, 0.4) is 0 Å². The first-order valence-corrected chi connectivity index (χ1v) is 8.99. The van der Waals surface area contributed by atoms with Crippen molar-refractivity contribution in [2.75, 3.05) is 32.0 Å². The molecular weight excluding hydrogens is 331 g/mol. The highest BCUT2D eigenvalue weighted by molar-refractivity contribution is 5.89. The van der Waals surface area contributed by atoms with E-state index in [1.165, 1.54) is 17.7 Å². The van der Waals surface area contributed by atoms with Crippen LogP contribution in [-0.2, 0) is 6.54 Å². The summed E-state index contributed by atoms with van der Waals surface area (Å²) in [4.78, 5) is 20.7. The number of carbonyl (C=O) groups excluding carboxylic acids is 1. The normalized spacial score (nSPS) is 17.3. The summed E-state index contributed by atoms with van der Waals surface area (Å²) < 4.78 is 13.3. The molecule has 0 bridgehead atoms. The number of hydrogen-bond acceptors (Lipinski definition) is 3. The Hall–Kier alpha value is -2.47. The van der Waals surface area contributed by atoms with Gasteiger partial charge in [0.25, 0.3) is 0 Å². The molecular formula is C20H25FN4O. The monoisotopic (exact) mass is 356 g/mol. The molecule has 0 unspecified atom stereocenters. The first-order chi connectivity index (χ1) is 12.6. The summed E-state index contributed by atoms with van der Waals surface area (Å²) in [5.74, 6) is 0.0834. The number of nitrogens with zero attached hydrogens (tertiary/aromatic N) is 3. The second kappa shape index (κ2) is 8.76. The largest absolute Gasteiger partial charge is 0.324 e. The van der Waals surface area contributed by atoms with Gasteiger partial charge in [-0.25, -0.2) is 9.18 Å². The Morgan fingerprint density at radius 3 is 3.04 bits per heavy atom. The van der Waals surface area contributed by atoms with Crippen molar-refractivity contribution >= 4 is 11.7 Å². The lowest BCUT2D eigenvalue weighted by molar-refractivity contribution is 0.154. The number of rotatable bonds is 5. The van der Waals surface area contributed by atoms with Crippen LogP contribution < -0.4 is 5.32 Å². The molecule has 0 spiro atoms. The number of amides is 2. The third-order valence-corrected chi connectivity index (χ3v) is 4.63. The van der Waals surface area contributed by atoms with Crippen molar-refractivity contribution in [1.82, 2.24) is 14.8 Å². The van der Waals surface area contributed by atoms with E-state index in [1.54, 1.807) is 18.3 Å². The van der Waals surface area contributed by atoms with Crippen molar-refractivity contribution in [3.63, 3.8) is 0 Å². The van der Waals surface area contributed by atoms with Crippen LogP contribution in [0.15, 0.2) is 48.8 Å². The Morgan fingerprint density at radius 2 is 2.27 bits per heavy atom. The number of hydrogen-bond donors (Lipinski definition) is 1. The molecule has 1 aliphatic rings. The second-order valence-corrected chi connectivity index (χ2v) is 6.95. The number of pyridine rings is 1. The Labute approximate surface area is 153 Å². The number of benzene rings is 1. The molecule has 6 heteroatoms. The molecule has 138 valence electrons. The standard InChI is InChI=1S/C20H25FN4O/c1-24(13-16-5-3-9-22-12-16)14-17-6-4-10-25(15-17)20(26)23-19-8-2-7-18(21)11-19/h2-3,5,7-9,11-12,17H,4,6,10,13-15H2,1H3,(H,23,26)/t17-/m1/s1. The SMILES string of the molecule is CN(Cc1cccnc1)C[C@H]1CCCN(C(=O)Nc2cccc(F)c2)C1. The van der Waals surface area contributed by atoms with Crippen LogP contribution >= 0.6 is 0 Å². The van der Waals surface area contributed by atoms with Crippen molar-refractivity contribution in [3.8, 4) is 0 Å². The van der Waals surface area contributed by atoms with Crippen molar-refractivity contribution in [1.29, 1.82) is 0 Å². The summed E-state index contributed by atoms with van der Waals surface area (Å²) in [6.45, 7) is 3.24. The zero-order valence-corrected chi connectivity index (χ0v) is 15.1. The third-order valence-electron chi connectivity index (χ3n) is 4.63. The molecule has 5 nitrogen and oxygen atoms in total. The van der Waals surface area contributed by atoms with Crippen molar-refractivity contribution in [2.45, 2.75) is 19.4 Å². The summed E-state index contributed by atoms with van der Waals surface area (Å²) in [6, 6.07) is 9.86. The lowest BCUT2D eigenvalue weighted by Gasteiger charge is -2.34. The average Bonchev–Trinajstić information content (AvgIpc) is 2.62. The summed E-state index contributed by atoms with van der Waals surface area (Å²) in [5.41, 5.74) is 1.68. The predicted molar refractivity (Wildman–Crippen MR) is 100 cm³/mol. The molecule has 2 amide bonds. The molecule has 1 saturated heterocycles. The smallest absolute Gasteiger partial charge is 0.321 e. The minimum absolute atomic E-state index is 0.157. The molecule has 26 heavy (non-hydrogen) atoms. The van der Waals surface area contributed by atoms with Gasteiger partial charge in [-0.15, -0.1) is 0 Å². The maximum atomic E-state index is 13.3. The third kappa shape index (κ3) is 5.26. The second-order valence-electron chi connectivity index (χ2n) is 6.95. The molecule has 0 radical (unpaired) electrons. The minimum Gasteiger partial charge on any atom is -0.324 e. The van der Waals surface area contributed by atoms with Gasteiger partial charge in [-0.05, 0) is 55.6 Å². The van der Waals surface area contributed by atoms with Crippen LogP contribution in [0.1, 0.15) is 18.4 Å². The van der Waals surface area contributed by atoms with Gasteiger partial charge in [-0.2, -0.15) is 0 Å². The quantitative estimate of drug-likeness (QED) is 0.891. The fourth-order valence-electron chi connectivity index (χ4n) is 3.48. The minimum atomic E-state index is -0.351. The number of likely N-dealkylation sites (tertiary alicyclic amines) is 1. The fraction of sp³-hybridized carbons (Fsp3) is 0.400. The van der Waals surface area contributed by atoms with E-state index in [1.807, 2.05) is 17.2 Å². The van der Waals surface area contributed by atoms with E-state index in [0.29, 0.717) is 11.6 Å². The van der Waals surface area contributed by atoms with E-state index in [9.17, 15) is 9.18 Å². The van der Waals surface area contributed by atoms with Gasteiger partial charge in [0.2, 0.25) is 0 Å². The fourth-order valence-corrected chi connectivity index (χ4v) is 3.48. The summed E-state index contributed by atoms with van der Waals surface area (Å²) in [5, 5.41) is 2.79. The van der Waals surface area contributed by atoms with Gasteiger partial charge in [0.15, 0.2) is 0 Å². The van der Waals surface area contributed by atoms with E-state index in [0.717, 1.165) is 39.0 Å². The predicted octanol–water partition coefficient (Wildman–Crippen LogP) is 3.60. The number of piperidine rings is 1. The molecule has 0 saturated carbocycles. The molecule has 2 aromatic rings. The van der Waals surface area contributed by atoms with Crippen molar-refractivity contribution in [2.24, 2.45) is 5.92 Å². The zero-order chi connectivity index (χ0) is 18.4. The Bertz CT molecular complexity index is 725. The van der Waals surface area contributed by atoms with Gasteiger partial charge in [0.05, 0.1) is 0 Å². The Morgan fingerprint density at radius 1 is 1.38 bits per heavy atom. The molecule has 3 rings (SSSR count). The van der Waals surface area contributed by atoms with Crippen LogP contribution in [0, 0.1) is 11.7 Å². The van der Waals surface area contributed by atoms with E-state index >= 15 is 0 Å². The molecule has 1 aromatic carbocycles. The van der Waals surface area contributed by atoms with E-state index in [4.69, 9.17) is 0 Å². The Balaban J connectivity index is 1.51. The van der Waals surface area contributed by atoms with Gasteiger partial charge in [0.1, 0.15) is 5.82 Å². The topological polar surface area (TPSA) is 48.5 Å². The average molecular weight is 356 g/mol. The highest BCUT2D eigenvalue weighted by atomic mass is 19.1. The zero-order valence-electron chi connectivity index (χ0n) is 15.1. The van der Waals surface area contributed by atoms with Crippen LogP contribution in [0.4, 0.5) is 14.9 Å². The molecule has 1 aliphatic heterocycles. The van der Waals surface area contributed by atoms with E-state index in [2.05, 4.69) is 28.3 Å². The number of carbonyl (C=O) groups is 1. The maximum Gasteiger partial charge on any atom is 0.321 e. The number of urea groups is 1. The van der Waals surface area contributed by atoms with Crippen LogP contribution in [0.25, 0.3) is 0 Å². The first kappa shape index (κ1) is 18.3. The first-order valence-electron chi connectivity index (χ1n) is 8.99. The van der Waals surface area contributed by atoms with Crippen LogP contribution in [0.2, 0.25) is 0 Å². The molecule has 1 atom stereocenters. The van der Waals surface area contributed by atoms with Gasteiger partial charge >= 0.3 is 6.03 Å². The Kier molecular flexibility index (Phi) is 6.17. The van der Waals surface area contributed by atoms with Crippen molar-refractivity contribution in [3.05, 3.63) is 60.2 Å². The summed E-state index contributed by atoms with van der Waals surface area (Å²) in [7, 11) is 2.10. The lowest BCUT2D eigenvalue weighted by atomic mass is 9.97. The van der Waals surface area contributed by atoms with Gasteiger partial charge < -0.3 is 15.1 Å². The summed E-state index contributed by atoms with van der Waals surface area (Å²) in [6.07, 6.45) is 5.76. The van der Waals surface area contributed by atoms with Gasteiger partial charge in [-0.1, -0.05) is 12.1 Å². The molecule has 0 aliphatic carbocycles. The lowest BCUT2D eigenvalue weighted by Crippen LogP contribution is -2.44. The highest BCUT2D eigenvalue weighted by Gasteiger charge is 2.24. The highest BCUT2D eigenvalue weighted by Crippen LogP contribution is 2.19. The molecule has 1 N–H and O–H groups in total. The maximum absolute atomic E-state index is 13.3. The number of anilines is 1. The van der Waals surface area contributed by atoms with E-state index < -0.39 is 0 Å². The van der Waals surface area contributed by atoms with Gasteiger partial charge in [-0.3, -0.25) is 4.98 Å². The van der Waals surface area contributed by atoms with E-state index in [-0.39, 0.29) is 11.8 Å². The molecule has 1 aromatic heterocycles. The van der Waals surface area contributed by atoms with Gasteiger partial charge in [0, 0.05) is 44.3 Å². The van der Waals surface area contributed by atoms with Crippen LogP contribution in [0.5, 0.6) is 0 Å². The summed E-state index contributed by atoms with van der Waals surface area (Å²) >= 11 is 0. The van der Waals surface area contributed by atoms with Crippen molar-refractivity contribution < 1.29 is 9.18 Å². The molecule has 1 fully saturated rings. The number of aromatic nitrogens is 1. The number of halogens is 1. The number of nitrogens with one attached hydrogen (secondary N) is 1. The molecule has 2 heterocycles.